The van der Waals surface area contributed by atoms with Crippen molar-refractivity contribution in [1.29, 1.82) is 0 Å². The smallest absolute Gasteiger partial charge is 0.0736 e. The van der Waals surface area contributed by atoms with Gasteiger partial charge in [0.25, 0.3) is 0 Å². The van der Waals surface area contributed by atoms with Crippen molar-refractivity contribution in [2.24, 2.45) is 9.98 Å². The van der Waals surface area contributed by atoms with E-state index in [0.29, 0.717) is 0 Å². The maximum Gasteiger partial charge on any atom is 0.0736 e. The Kier molecular flexibility index (Phi) is 4.74. The predicted molar refractivity (Wildman–Crippen MR) is 148 cm³/mol. The molecular formula is C32H22N4. The van der Waals surface area contributed by atoms with Crippen LogP contribution < -0.4 is 10.7 Å². The Labute approximate surface area is 208 Å². The minimum atomic E-state index is 0.913. The molecule has 0 unspecified atom stereocenters. The molecule has 2 aromatic carbocycles. The standard InChI is InChI=1S/C32H22N4/c1-3-7-21(8-4-1)31-23-17-30(33-20-23)32(22-9-5-2-6-10-22)29-16-14-27(36-29)19-25-12-11-24(34-25)18-26-13-15-28(31)35-26/h1-20,33-34H. The summed E-state index contributed by atoms with van der Waals surface area (Å²) in [6.45, 7) is 0. The minimum absolute atomic E-state index is 0.913. The first kappa shape index (κ1) is 20.4. The number of nitrogens with one attached hydrogen (secondary N) is 2. The van der Waals surface area contributed by atoms with Crippen molar-refractivity contribution < 1.29 is 0 Å². The van der Waals surface area contributed by atoms with E-state index in [0.717, 1.165) is 67.0 Å². The average Bonchev–Trinajstić information content (AvgIpc) is 3.72. The molecule has 0 atom stereocenters. The van der Waals surface area contributed by atoms with Crippen molar-refractivity contribution in [3.8, 4) is 0 Å². The molecule has 0 amide bonds. The van der Waals surface area contributed by atoms with E-state index in [2.05, 4.69) is 119 Å². The number of benzene rings is 2. The highest BCUT2D eigenvalue weighted by Gasteiger charge is 2.19. The molecule has 170 valence electrons. The van der Waals surface area contributed by atoms with Crippen LogP contribution in [0.5, 0.6) is 0 Å². The number of hydrogen-bond acceptors (Lipinski definition) is 2. The molecule has 36 heavy (non-hydrogen) atoms. The Hall–Kier alpha value is -4.96. The first-order valence-electron chi connectivity index (χ1n) is 12.0. The summed E-state index contributed by atoms with van der Waals surface area (Å²) in [6, 6.07) is 27.2. The van der Waals surface area contributed by atoms with Gasteiger partial charge in [-0.1, -0.05) is 60.7 Å². The summed E-state index contributed by atoms with van der Waals surface area (Å²) in [5.74, 6) is 0. The number of aromatic amines is 2. The van der Waals surface area contributed by atoms with E-state index < -0.39 is 0 Å². The molecule has 3 aliphatic heterocycles. The molecular weight excluding hydrogens is 440 g/mol. The average molecular weight is 463 g/mol. The molecule has 2 aromatic heterocycles. The van der Waals surface area contributed by atoms with Gasteiger partial charge in [-0.3, -0.25) is 0 Å². The fourth-order valence-corrected chi connectivity index (χ4v) is 4.91. The Morgan fingerprint density at radius 2 is 1.08 bits per heavy atom. The summed E-state index contributed by atoms with van der Waals surface area (Å²) in [5.41, 5.74) is 10.2. The van der Waals surface area contributed by atoms with E-state index in [-0.39, 0.29) is 0 Å². The van der Waals surface area contributed by atoms with Gasteiger partial charge < -0.3 is 9.97 Å². The normalized spacial score (nSPS) is 16.1. The zero-order chi connectivity index (χ0) is 23.9. The molecule has 8 bridgehead atoms. The van der Waals surface area contributed by atoms with Crippen LogP contribution in [-0.4, -0.2) is 21.4 Å². The Morgan fingerprint density at radius 3 is 1.69 bits per heavy atom. The van der Waals surface area contributed by atoms with Crippen molar-refractivity contribution >= 4 is 34.7 Å². The lowest BCUT2D eigenvalue weighted by Gasteiger charge is -2.09. The van der Waals surface area contributed by atoms with E-state index in [1.165, 1.54) is 0 Å². The second kappa shape index (κ2) is 8.36. The molecule has 3 aliphatic rings. The molecule has 4 heteroatoms. The lowest BCUT2D eigenvalue weighted by Crippen LogP contribution is -2.12. The first-order valence-corrected chi connectivity index (χ1v) is 12.0. The van der Waals surface area contributed by atoms with Gasteiger partial charge in [0.1, 0.15) is 0 Å². The number of hydrogen-bond donors (Lipinski definition) is 2. The van der Waals surface area contributed by atoms with Crippen molar-refractivity contribution in [3.63, 3.8) is 0 Å². The summed E-state index contributed by atoms with van der Waals surface area (Å²) in [4.78, 5) is 17.0. The Balaban J connectivity index is 1.54. The fourth-order valence-electron chi connectivity index (χ4n) is 4.91. The van der Waals surface area contributed by atoms with Crippen LogP contribution >= 0.6 is 0 Å². The summed E-state index contributed by atoms with van der Waals surface area (Å²) in [5, 5.41) is 2.01. The van der Waals surface area contributed by atoms with Crippen LogP contribution in [0.25, 0.3) is 23.3 Å². The first-order chi connectivity index (χ1) is 17.8. The lowest BCUT2D eigenvalue weighted by molar-refractivity contribution is 1.28. The van der Waals surface area contributed by atoms with Crippen LogP contribution in [0, 0.1) is 0 Å². The molecule has 0 aliphatic carbocycles. The maximum absolute atomic E-state index is 5.00. The second-order valence-electron chi connectivity index (χ2n) is 8.95. The topological polar surface area (TPSA) is 56.3 Å². The van der Waals surface area contributed by atoms with Crippen LogP contribution in [0.3, 0.4) is 0 Å². The number of nitrogens with zero attached hydrogens (tertiary/aromatic N) is 2. The van der Waals surface area contributed by atoms with Gasteiger partial charge in [0.05, 0.1) is 22.8 Å². The zero-order valence-electron chi connectivity index (χ0n) is 19.4. The monoisotopic (exact) mass is 462 g/mol. The van der Waals surface area contributed by atoms with E-state index in [1.807, 2.05) is 12.1 Å². The van der Waals surface area contributed by atoms with E-state index in [1.54, 1.807) is 0 Å². The van der Waals surface area contributed by atoms with Gasteiger partial charge in [-0.25, -0.2) is 9.98 Å². The molecule has 2 N–H and O–H groups in total. The molecule has 0 saturated heterocycles. The highest BCUT2D eigenvalue weighted by molar-refractivity contribution is 6.20. The van der Waals surface area contributed by atoms with Crippen LogP contribution in [-0.2, 0) is 0 Å². The second-order valence-corrected chi connectivity index (χ2v) is 8.95. The third-order valence-corrected chi connectivity index (χ3v) is 6.54. The summed E-state index contributed by atoms with van der Waals surface area (Å²) >= 11 is 0. The highest BCUT2D eigenvalue weighted by Crippen LogP contribution is 2.35. The van der Waals surface area contributed by atoms with Crippen LogP contribution in [0.4, 0.5) is 0 Å². The van der Waals surface area contributed by atoms with Gasteiger partial charge >= 0.3 is 0 Å². The van der Waals surface area contributed by atoms with Crippen molar-refractivity contribution in [2.45, 2.75) is 0 Å². The van der Waals surface area contributed by atoms with Gasteiger partial charge in [0.15, 0.2) is 0 Å². The quantitative estimate of drug-likeness (QED) is 0.414. The largest absolute Gasteiger partial charge is 0.360 e. The van der Waals surface area contributed by atoms with Crippen LogP contribution in [0.2, 0.25) is 0 Å². The molecule has 4 nitrogen and oxygen atoms in total. The Morgan fingerprint density at radius 1 is 0.528 bits per heavy atom. The van der Waals surface area contributed by atoms with Crippen LogP contribution in [0.1, 0.15) is 22.4 Å². The third-order valence-electron chi connectivity index (χ3n) is 6.54. The number of aliphatic imine (C=N–C) groups is 2. The number of fused-ring (bicyclic) bond motifs is 6. The SMILES string of the molecule is C1=CC2=C(c3ccccc3)c3c[nH]c(c3)C(c3ccccc3)=C3C=CC(=N3)C=c3ccc([nH]3)=CC1=N2. The lowest BCUT2D eigenvalue weighted by atomic mass is 9.96. The molecule has 0 radical (unpaired) electrons. The Bertz CT molecular complexity index is 1670. The summed E-state index contributed by atoms with van der Waals surface area (Å²) < 4.78 is 0. The maximum atomic E-state index is 5.00. The zero-order valence-corrected chi connectivity index (χ0v) is 19.4. The van der Waals surface area contributed by atoms with E-state index in [9.17, 15) is 0 Å². The van der Waals surface area contributed by atoms with Crippen molar-refractivity contribution in [3.05, 3.63) is 154 Å². The van der Waals surface area contributed by atoms with E-state index >= 15 is 0 Å². The van der Waals surface area contributed by atoms with Crippen LogP contribution in [0.15, 0.2) is 131 Å². The van der Waals surface area contributed by atoms with Crippen molar-refractivity contribution in [1.82, 2.24) is 9.97 Å². The number of rotatable bonds is 2. The van der Waals surface area contributed by atoms with E-state index in [4.69, 9.17) is 9.98 Å². The number of aromatic nitrogens is 2. The molecule has 0 spiro atoms. The van der Waals surface area contributed by atoms with Crippen molar-refractivity contribution in [2.75, 3.05) is 0 Å². The van der Waals surface area contributed by atoms with Gasteiger partial charge in [0, 0.05) is 39.3 Å². The predicted octanol–water partition coefficient (Wildman–Crippen LogP) is 5.16. The molecule has 0 saturated carbocycles. The van der Waals surface area contributed by atoms with Gasteiger partial charge in [0.2, 0.25) is 0 Å². The molecule has 4 aromatic rings. The molecule has 5 heterocycles. The third kappa shape index (κ3) is 3.65. The van der Waals surface area contributed by atoms with Gasteiger partial charge in [-0.2, -0.15) is 0 Å². The number of allylic oxidation sites excluding steroid dienone is 4. The number of H-pyrrole nitrogens is 2. The van der Waals surface area contributed by atoms with Gasteiger partial charge in [-0.05, 0) is 65.8 Å². The molecule has 7 rings (SSSR count). The minimum Gasteiger partial charge on any atom is -0.360 e. The van der Waals surface area contributed by atoms with Gasteiger partial charge in [-0.15, -0.1) is 0 Å². The highest BCUT2D eigenvalue weighted by atomic mass is 14.8. The molecule has 0 fully saturated rings. The summed E-state index contributed by atoms with van der Waals surface area (Å²) in [6.07, 6.45) is 14.5. The summed E-state index contributed by atoms with van der Waals surface area (Å²) in [7, 11) is 0. The fraction of sp³-hybridized carbons (Fsp3) is 0.